The number of nitrogens with zero attached hydrogens (tertiary/aromatic N) is 3. The number of carbonyl (C=O) groups is 1. The molecule has 204 valence electrons. The van der Waals surface area contributed by atoms with E-state index in [2.05, 4.69) is 29.3 Å². The van der Waals surface area contributed by atoms with Gasteiger partial charge in [-0.1, -0.05) is 31.0 Å². The van der Waals surface area contributed by atoms with Crippen molar-refractivity contribution in [3.8, 4) is 5.75 Å². The molecule has 8 heteroatoms. The first-order valence-corrected chi connectivity index (χ1v) is 13.8. The Morgan fingerprint density at radius 1 is 1.16 bits per heavy atom. The number of carbonyl (C=O) groups excluding carboxylic acids is 1. The van der Waals surface area contributed by atoms with Crippen molar-refractivity contribution in [2.75, 3.05) is 11.4 Å². The third kappa shape index (κ3) is 5.41. The molecule has 4 atom stereocenters. The number of piperidine rings is 1. The summed E-state index contributed by atoms with van der Waals surface area (Å²) in [5, 5.41) is 2.97. The van der Waals surface area contributed by atoms with Crippen LogP contribution in [-0.2, 0) is 6.54 Å². The molecule has 1 saturated carbocycles. The number of nitrogens with one attached hydrogen (secondary N) is 1. The second-order valence-electron chi connectivity index (χ2n) is 11.2. The second kappa shape index (κ2) is 11.0. The molecule has 5 rings (SSSR count). The minimum absolute atomic E-state index is 0.0971. The maximum Gasteiger partial charge on any atom is 0.328 e. The highest BCUT2D eigenvalue weighted by molar-refractivity contribution is 6.19. The molecular weight excluding hydrogens is 486 g/mol. The Morgan fingerprint density at radius 2 is 1.95 bits per heavy atom. The Bertz CT molecular complexity index is 1190. The van der Waals surface area contributed by atoms with Gasteiger partial charge in [-0.2, -0.15) is 0 Å². The first kappa shape index (κ1) is 26.6. The first-order valence-electron chi connectivity index (χ1n) is 13.8. The molecule has 38 heavy (non-hydrogen) atoms. The number of hydrogen-bond donors (Lipinski definition) is 1. The van der Waals surface area contributed by atoms with E-state index in [1.807, 2.05) is 26.0 Å². The second-order valence-corrected chi connectivity index (χ2v) is 11.2. The summed E-state index contributed by atoms with van der Waals surface area (Å²) in [6.45, 7) is 7.63. The van der Waals surface area contributed by atoms with E-state index in [4.69, 9.17) is 9.73 Å². The fourth-order valence-corrected chi connectivity index (χ4v) is 6.23. The van der Waals surface area contributed by atoms with Crippen LogP contribution in [-0.4, -0.2) is 53.2 Å². The summed E-state index contributed by atoms with van der Waals surface area (Å²) < 4.78 is 35.0. The van der Waals surface area contributed by atoms with Gasteiger partial charge < -0.3 is 4.74 Å². The molecule has 2 aromatic rings. The van der Waals surface area contributed by atoms with E-state index in [1.54, 1.807) is 17.0 Å². The molecule has 3 aliphatic rings. The lowest BCUT2D eigenvalue weighted by Crippen LogP contribution is -2.59. The fraction of sp³-hybridized carbons (Fsp3) is 0.533. The van der Waals surface area contributed by atoms with Crippen LogP contribution in [0.15, 0.2) is 53.5 Å². The SMILES string of the molecule is CC(C)Oc1cccc(CN2CC[C@@]3(C[C@@H]2C)C(=N[C@H]2CCCCC2F)NC(=O)N3c2cccc(F)c2)c1. The third-order valence-electron chi connectivity index (χ3n) is 8.03. The molecule has 3 fully saturated rings. The van der Waals surface area contributed by atoms with E-state index in [0.29, 0.717) is 43.8 Å². The zero-order chi connectivity index (χ0) is 26.9. The number of rotatable bonds is 6. The monoisotopic (exact) mass is 524 g/mol. The number of amides is 2. The molecule has 2 aliphatic heterocycles. The van der Waals surface area contributed by atoms with Gasteiger partial charge in [-0.05, 0) is 82.3 Å². The number of alkyl halides is 1. The highest BCUT2D eigenvalue weighted by Gasteiger charge is 2.55. The van der Waals surface area contributed by atoms with Crippen LogP contribution in [0.3, 0.4) is 0 Å². The van der Waals surface area contributed by atoms with Crippen molar-refractivity contribution in [1.29, 1.82) is 0 Å². The Hall–Kier alpha value is -3.00. The number of ether oxygens (including phenoxy) is 1. The van der Waals surface area contributed by atoms with Crippen LogP contribution in [0.25, 0.3) is 0 Å². The minimum atomic E-state index is -1.01. The van der Waals surface area contributed by atoms with Gasteiger partial charge >= 0.3 is 6.03 Å². The number of anilines is 1. The normalized spacial score (nSPS) is 29.3. The smallest absolute Gasteiger partial charge is 0.328 e. The van der Waals surface area contributed by atoms with Crippen LogP contribution >= 0.6 is 0 Å². The van der Waals surface area contributed by atoms with Crippen molar-refractivity contribution >= 4 is 17.6 Å². The van der Waals surface area contributed by atoms with Crippen LogP contribution in [0.4, 0.5) is 19.3 Å². The van der Waals surface area contributed by atoms with Gasteiger partial charge in [0.2, 0.25) is 0 Å². The molecule has 1 spiro atoms. The number of benzene rings is 2. The number of amidine groups is 1. The van der Waals surface area contributed by atoms with Gasteiger partial charge in [-0.15, -0.1) is 0 Å². The molecule has 6 nitrogen and oxygen atoms in total. The lowest BCUT2D eigenvalue weighted by Gasteiger charge is -2.47. The lowest BCUT2D eigenvalue weighted by atomic mass is 9.81. The third-order valence-corrected chi connectivity index (χ3v) is 8.03. The predicted molar refractivity (Wildman–Crippen MR) is 146 cm³/mol. The molecule has 0 bridgehead atoms. The van der Waals surface area contributed by atoms with Crippen molar-refractivity contribution in [3.63, 3.8) is 0 Å². The summed E-state index contributed by atoms with van der Waals surface area (Å²) in [7, 11) is 0. The summed E-state index contributed by atoms with van der Waals surface area (Å²) >= 11 is 0. The fourth-order valence-electron chi connectivity index (χ4n) is 6.23. The largest absolute Gasteiger partial charge is 0.491 e. The van der Waals surface area contributed by atoms with Crippen LogP contribution < -0.4 is 15.0 Å². The Morgan fingerprint density at radius 3 is 2.68 bits per heavy atom. The molecule has 0 aromatic heterocycles. The highest BCUT2D eigenvalue weighted by atomic mass is 19.1. The van der Waals surface area contributed by atoms with Gasteiger partial charge in [0, 0.05) is 24.8 Å². The van der Waals surface area contributed by atoms with E-state index in [1.165, 1.54) is 12.1 Å². The minimum Gasteiger partial charge on any atom is -0.491 e. The summed E-state index contributed by atoms with van der Waals surface area (Å²) in [4.78, 5) is 22.3. The van der Waals surface area contributed by atoms with Gasteiger partial charge in [0.25, 0.3) is 0 Å². The van der Waals surface area contributed by atoms with Gasteiger partial charge in [-0.25, -0.2) is 13.6 Å². The number of hydrogen-bond acceptors (Lipinski definition) is 4. The first-order chi connectivity index (χ1) is 18.2. The topological polar surface area (TPSA) is 57.2 Å². The van der Waals surface area contributed by atoms with E-state index in [0.717, 1.165) is 30.7 Å². The van der Waals surface area contributed by atoms with Gasteiger partial charge in [0.15, 0.2) is 0 Å². The van der Waals surface area contributed by atoms with Crippen molar-refractivity contribution in [2.45, 2.75) is 95.7 Å². The number of halogens is 2. The van der Waals surface area contributed by atoms with Crippen LogP contribution in [0.1, 0.15) is 64.9 Å². The summed E-state index contributed by atoms with van der Waals surface area (Å²) in [5.41, 5.74) is 0.873. The molecule has 0 radical (unpaired) electrons. The van der Waals surface area contributed by atoms with Gasteiger partial charge in [-0.3, -0.25) is 20.1 Å². The zero-order valence-corrected chi connectivity index (χ0v) is 22.5. The Kier molecular flexibility index (Phi) is 7.70. The average Bonchev–Trinajstić information content (AvgIpc) is 3.12. The average molecular weight is 525 g/mol. The van der Waals surface area contributed by atoms with E-state index in [-0.39, 0.29) is 18.2 Å². The van der Waals surface area contributed by atoms with Crippen molar-refractivity contribution in [1.82, 2.24) is 10.2 Å². The van der Waals surface area contributed by atoms with Crippen LogP contribution in [0.5, 0.6) is 5.75 Å². The highest BCUT2D eigenvalue weighted by Crippen LogP contribution is 2.41. The molecule has 1 aliphatic carbocycles. The van der Waals surface area contributed by atoms with Crippen LogP contribution in [0, 0.1) is 5.82 Å². The van der Waals surface area contributed by atoms with Crippen molar-refractivity contribution in [2.24, 2.45) is 4.99 Å². The van der Waals surface area contributed by atoms with Crippen molar-refractivity contribution < 1.29 is 18.3 Å². The Labute approximate surface area is 224 Å². The molecule has 1 N–H and O–H groups in total. The van der Waals surface area contributed by atoms with Gasteiger partial charge in [0.1, 0.15) is 29.1 Å². The maximum absolute atomic E-state index is 14.8. The standard InChI is InChI=1S/C30H38F2N4O2/c1-20(2)38-25-11-6-8-22(16-25)19-35-15-14-30(18-21(35)3)28(33-27-13-5-4-12-26(27)32)34-29(37)36(30)24-10-7-9-23(31)17-24/h6-11,16-17,20-21,26-27H,4-5,12-15,18-19H2,1-3H3,(H,33,34,37)/t21-,26?,27-,30+/m0/s1. The maximum atomic E-state index is 14.8. The number of aliphatic imine (C=N–C) groups is 1. The summed E-state index contributed by atoms with van der Waals surface area (Å²) in [6, 6.07) is 13.6. The summed E-state index contributed by atoms with van der Waals surface area (Å²) in [6.07, 6.45) is 3.28. The summed E-state index contributed by atoms with van der Waals surface area (Å²) in [5.74, 6) is 0.977. The van der Waals surface area contributed by atoms with Crippen LogP contribution in [0.2, 0.25) is 0 Å². The van der Waals surface area contributed by atoms with Crippen molar-refractivity contribution in [3.05, 3.63) is 59.9 Å². The zero-order valence-electron chi connectivity index (χ0n) is 22.5. The van der Waals surface area contributed by atoms with E-state index in [9.17, 15) is 13.6 Å². The Balaban J connectivity index is 1.44. The molecule has 2 heterocycles. The molecule has 2 amide bonds. The lowest BCUT2D eigenvalue weighted by molar-refractivity contribution is 0.123. The molecule has 2 aromatic carbocycles. The van der Waals surface area contributed by atoms with E-state index < -0.39 is 23.6 Å². The number of urea groups is 1. The molecule has 1 unspecified atom stereocenters. The quantitative estimate of drug-likeness (QED) is 0.486. The predicted octanol–water partition coefficient (Wildman–Crippen LogP) is 6.25. The number of likely N-dealkylation sites (tertiary alicyclic amines) is 1. The molecular formula is C30H38F2N4O2. The van der Waals surface area contributed by atoms with Gasteiger partial charge in [0.05, 0.1) is 12.1 Å². The van der Waals surface area contributed by atoms with E-state index >= 15 is 0 Å². The molecule has 2 saturated heterocycles.